The molecule has 0 radical (unpaired) electrons. The molecule has 1 saturated carbocycles. The third-order valence-corrected chi connectivity index (χ3v) is 5.96. The molecule has 0 unspecified atom stereocenters. The number of hydrogen-bond donors (Lipinski definition) is 0. The number of rotatable bonds is 3. The molecule has 2 aromatic carbocycles. The minimum Gasteiger partial charge on any atom is -0.236 e. The number of aromatic nitrogens is 2. The highest BCUT2D eigenvalue weighted by Crippen LogP contribution is 2.33. The Morgan fingerprint density at radius 1 is 1.00 bits per heavy atom. The molecule has 26 heavy (non-hydrogen) atoms. The second-order valence-electron chi connectivity index (χ2n) is 7.73. The third kappa shape index (κ3) is 3.00. The van der Waals surface area contributed by atoms with Gasteiger partial charge in [-0.2, -0.15) is 0 Å². The zero-order valence-electron chi connectivity index (χ0n) is 15.8. The van der Waals surface area contributed by atoms with Crippen molar-refractivity contribution in [2.45, 2.75) is 52.9 Å². The van der Waals surface area contributed by atoms with Crippen molar-refractivity contribution in [2.75, 3.05) is 0 Å². The quantitative estimate of drug-likeness (QED) is 0.572. The summed E-state index contributed by atoms with van der Waals surface area (Å²) in [4.78, 5) is 9.06. The first-order valence-electron chi connectivity index (χ1n) is 9.55. The summed E-state index contributed by atoms with van der Waals surface area (Å²) < 4.78 is 14.2. The van der Waals surface area contributed by atoms with Gasteiger partial charge < -0.3 is 0 Å². The van der Waals surface area contributed by atoms with Crippen LogP contribution in [0.2, 0.25) is 0 Å². The first kappa shape index (κ1) is 17.1. The van der Waals surface area contributed by atoms with Crippen molar-refractivity contribution in [1.29, 1.82) is 0 Å². The molecule has 3 heteroatoms. The summed E-state index contributed by atoms with van der Waals surface area (Å²) in [5.41, 5.74) is 6.53. The standard InChI is InChI=1S/C23H25FN2/c1-14-10-20(15(2)16(3)22(14)24)23-19-9-8-18(11-17-6-4-5-7-17)12-21(19)25-13-26-23/h8-10,12-13,17H,4-7,11H2,1-3H3. The Morgan fingerprint density at radius 3 is 2.54 bits per heavy atom. The van der Waals surface area contributed by atoms with Crippen LogP contribution >= 0.6 is 0 Å². The Bertz CT molecular complexity index is 972. The molecule has 0 atom stereocenters. The van der Waals surface area contributed by atoms with Crippen molar-refractivity contribution < 1.29 is 4.39 Å². The molecule has 0 N–H and O–H groups in total. The average molecular weight is 348 g/mol. The molecule has 1 aliphatic carbocycles. The summed E-state index contributed by atoms with van der Waals surface area (Å²) >= 11 is 0. The predicted molar refractivity (Wildman–Crippen MR) is 105 cm³/mol. The van der Waals surface area contributed by atoms with Gasteiger partial charge in [0.2, 0.25) is 0 Å². The van der Waals surface area contributed by atoms with Crippen LogP contribution in [0.3, 0.4) is 0 Å². The van der Waals surface area contributed by atoms with E-state index in [9.17, 15) is 4.39 Å². The maximum Gasteiger partial charge on any atom is 0.129 e. The van der Waals surface area contributed by atoms with E-state index in [0.29, 0.717) is 11.1 Å². The Hall–Kier alpha value is -2.29. The maximum absolute atomic E-state index is 14.2. The molecule has 0 aliphatic heterocycles. The van der Waals surface area contributed by atoms with Gasteiger partial charge in [0.15, 0.2) is 0 Å². The van der Waals surface area contributed by atoms with E-state index in [1.807, 2.05) is 26.8 Å². The lowest BCUT2D eigenvalue weighted by Gasteiger charge is -2.14. The van der Waals surface area contributed by atoms with Crippen LogP contribution in [0, 0.1) is 32.5 Å². The summed E-state index contributed by atoms with van der Waals surface area (Å²) in [6.07, 6.45) is 8.20. The van der Waals surface area contributed by atoms with Gasteiger partial charge in [0.1, 0.15) is 12.1 Å². The van der Waals surface area contributed by atoms with Gasteiger partial charge in [-0.15, -0.1) is 0 Å². The zero-order chi connectivity index (χ0) is 18.3. The highest BCUT2D eigenvalue weighted by molar-refractivity contribution is 5.93. The van der Waals surface area contributed by atoms with Crippen LogP contribution in [0.5, 0.6) is 0 Å². The predicted octanol–water partition coefficient (Wildman–Crippen LogP) is 6.09. The topological polar surface area (TPSA) is 25.8 Å². The summed E-state index contributed by atoms with van der Waals surface area (Å²) in [5, 5.41) is 1.04. The van der Waals surface area contributed by atoms with Crippen LogP contribution in [-0.2, 0) is 6.42 Å². The molecule has 0 saturated heterocycles. The molecule has 1 fully saturated rings. The first-order chi connectivity index (χ1) is 12.5. The summed E-state index contributed by atoms with van der Waals surface area (Å²) in [7, 11) is 0. The lowest BCUT2D eigenvalue weighted by Crippen LogP contribution is -2.00. The number of fused-ring (bicyclic) bond motifs is 1. The molecular weight excluding hydrogens is 323 g/mol. The molecule has 1 heterocycles. The SMILES string of the molecule is Cc1cc(-c2ncnc3cc(CC4CCCC4)ccc23)c(C)c(C)c1F. The Kier molecular flexibility index (Phi) is 4.47. The zero-order valence-corrected chi connectivity index (χ0v) is 15.8. The van der Waals surface area contributed by atoms with Crippen LogP contribution in [0.4, 0.5) is 4.39 Å². The van der Waals surface area contributed by atoms with E-state index >= 15 is 0 Å². The first-order valence-corrected chi connectivity index (χ1v) is 9.55. The minimum atomic E-state index is -0.122. The highest BCUT2D eigenvalue weighted by Gasteiger charge is 2.17. The molecule has 1 aromatic heterocycles. The van der Waals surface area contributed by atoms with Crippen molar-refractivity contribution in [1.82, 2.24) is 9.97 Å². The van der Waals surface area contributed by atoms with Crippen LogP contribution in [0.25, 0.3) is 22.2 Å². The van der Waals surface area contributed by atoms with Gasteiger partial charge in [-0.05, 0) is 67.5 Å². The van der Waals surface area contributed by atoms with Crippen LogP contribution in [0.15, 0.2) is 30.6 Å². The monoisotopic (exact) mass is 348 g/mol. The van der Waals surface area contributed by atoms with Crippen molar-refractivity contribution in [2.24, 2.45) is 5.92 Å². The third-order valence-electron chi connectivity index (χ3n) is 5.96. The van der Waals surface area contributed by atoms with Gasteiger partial charge in [-0.25, -0.2) is 14.4 Å². The number of hydrogen-bond acceptors (Lipinski definition) is 2. The van der Waals surface area contributed by atoms with E-state index in [1.54, 1.807) is 6.33 Å². The van der Waals surface area contributed by atoms with Crippen molar-refractivity contribution in [3.05, 3.63) is 58.7 Å². The molecule has 0 bridgehead atoms. The average Bonchev–Trinajstić information content (AvgIpc) is 3.15. The molecule has 2 nitrogen and oxygen atoms in total. The van der Waals surface area contributed by atoms with E-state index in [1.165, 1.54) is 31.2 Å². The molecule has 134 valence electrons. The van der Waals surface area contributed by atoms with Crippen molar-refractivity contribution in [3.8, 4) is 11.3 Å². The van der Waals surface area contributed by atoms with Gasteiger partial charge in [0.25, 0.3) is 0 Å². The lowest BCUT2D eigenvalue weighted by molar-refractivity contribution is 0.547. The van der Waals surface area contributed by atoms with Crippen LogP contribution in [0.1, 0.15) is 47.9 Å². The van der Waals surface area contributed by atoms with E-state index in [2.05, 4.69) is 28.2 Å². The number of nitrogens with zero attached hydrogens (tertiary/aromatic N) is 2. The van der Waals surface area contributed by atoms with E-state index in [0.717, 1.165) is 40.1 Å². The Labute approximate surface area is 154 Å². The summed E-state index contributed by atoms with van der Waals surface area (Å²) in [6, 6.07) is 8.47. The van der Waals surface area contributed by atoms with Crippen molar-refractivity contribution >= 4 is 10.9 Å². The largest absolute Gasteiger partial charge is 0.236 e. The van der Waals surface area contributed by atoms with Gasteiger partial charge in [-0.1, -0.05) is 37.8 Å². The minimum absolute atomic E-state index is 0.122. The van der Waals surface area contributed by atoms with Crippen molar-refractivity contribution in [3.63, 3.8) is 0 Å². The lowest BCUT2D eigenvalue weighted by atomic mass is 9.93. The molecule has 4 rings (SSSR count). The number of aryl methyl sites for hydroxylation is 1. The summed E-state index contributed by atoms with van der Waals surface area (Å²) in [6.45, 7) is 5.62. The van der Waals surface area contributed by atoms with Gasteiger partial charge in [-0.3, -0.25) is 0 Å². The Balaban J connectivity index is 1.79. The van der Waals surface area contributed by atoms with Crippen LogP contribution < -0.4 is 0 Å². The normalized spacial score (nSPS) is 15.1. The van der Waals surface area contributed by atoms with Gasteiger partial charge in [0, 0.05) is 10.9 Å². The molecule has 3 aromatic rings. The maximum atomic E-state index is 14.2. The molecule has 0 spiro atoms. The molecule has 0 amide bonds. The van der Waals surface area contributed by atoms with Gasteiger partial charge >= 0.3 is 0 Å². The van der Waals surface area contributed by atoms with E-state index < -0.39 is 0 Å². The fraction of sp³-hybridized carbons (Fsp3) is 0.391. The number of halogens is 1. The van der Waals surface area contributed by atoms with Crippen LogP contribution in [-0.4, -0.2) is 9.97 Å². The highest BCUT2D eigenvalue weighted by atomic mass is 19.1. The van der Waals surface area contributed by atoms with E-state index in [-0.39, 0.29) is 5.82 Å². The number of benzene rings is 2. The second-order valence-corrected chi connectivity index (χ2v) is 7.73. The van der Waals surface area contributed by atoms with E-state index in [4.69, 9.17) is 0 Å². The summed E-state index contributed by atoms with van der Waals surface area (Å²) in [5.74, 6) is 0.696. The smallest absolute Gasteiger partial charge is 0.129 e. The fourth-order valence-corrected chi connectivity index (χ4v) is 4.29. The molecule has 1 aliphatic rings. The Morgan fingerprint density at radius 2 is 1.77 bits per heavy atom. The second kappa shape index (κ2) is 6.79. The van der Waals surface area contributed by atoms with Gasteiger partial charge in [0.05, 0.1) is 11.2 Å². The fourth-order valence-electron chi connectivity index (χ4n) is 4.29. The molecular formula is C23H25FN2.